The SMILES string of the molecule is Nc1ccc2nc(NC3(C(F)(F)F)CC3)ccc2c1. The number of fused-ring (bicyclic) bond motifs is 1. The molecule has 19 heavy (non-hydrogen) atoms. The highest BCUT2D eigenvalue weighted by Gasteiger charge is 2.63. The Bertz CT molecular complexity index is 633. The van der Waals surface area contributed by atoms with Crippen LogP contribution in [0.2, 0.25) is 0 Å². The molecule has 0 aliphatic heterocycles. The molecule has 0 saturated heterocycles. The molecule has 1 heterocycles. The van der Waals surface area contributed by atoms with E-state index in [-0.39, 0.29) is 18.7 Å². The minimum Gasteiger partial charge on any atom is -0.399 e. The van der Waals surface area contributed by atoms with Gasteiger partial charge in [-0.3, -0.25) is 0 Å². The van der Waals surface area contributed by atoms with Gasteiger partial charge in [-0.05, 0) is 43.2 Å². The molecule has 3 N–H and O–H groups in total. The van der Waals surface area contributed by atoms with Crippen LogP contribution in [0.25, 0.3) is 10.9 Å². The number of nitrogens with zero attached hydrogens (tertiary/aromatic N) is 1. The number of nitrogens with two attached hydrogens (primary N) is 1. The van der Waals surface area contributed by atoms with Gasteiger partial charge in [-0.2, -0.15) is 13.2 Å². The van der Waals surface area contributed by atoms with Crippen LogP contribution in [-0.2, 0) is 0 Å². The van der Waals surface area contributed by atoms with Crippen molar-refractivity contribution in [3.63, 3.8) is 0 Å². The maximum absolute atomic E-state index is 12.8. The molecule has 1 aliphatic carbocycles. The molecule has 0 radical (unpaired) electrons. The molecule has 6 heteroatoms. The monoisotopic (exact) mass is 267 g/mol. The number of nitrogen functional groups attached to an aromatic ring is 1. The van der Waals surface area contributed by atoms with Gasteiger partial charge in [0.2, 0.25) is 0 Å². The van der Waals surface area contributed by atoms with Crippen LogP contribution < -0.4 is 11.1 Å². The van der Waals surface area contributed by atoms with Crippen molar-refractivity contribution in [1.29, 1.82) is 0 Å². The molecular weight excluding hydrogens is 255 g/mol. The third-order valence-corrected chi connectivity index (χ3v) is 3.37. The zero-order chi connectivity index (χ0) is 13.7. The highest BCUT2D eigenvalue weighted by molar-refractivity contribution is 5.83. The molecule has 1 aromatic heterocycles. The van der Waals surface area contributed by atoms with Crippen molar-refractivity contribution in [2.45, 2.75) is 24.6 Å². The Morgan fingerprint density at radius 1 is 1.16 bits per heavy atom. The first-order valence-corrected chi connectivity index (χ1v) is 5.91. The summed E-state index contributed by atoms with van der Waals surface area (Å²) in [5, 5.41) is 3.32. The fourth-order valence-corrected chi connectivity index (χ4v) is 2.06. The predicted molar refractivity (Wildman–Crippen MR) is 67.8 cm³/mol. The molecule has 1 aliphatic rings. The lowest BCUT2D eigenvalue weighted by atomic mass is 10.2. The number of pyridine rings is 1. The second-order valence-electron chi connectivity index (χ2n) is 4.85. The molecule has 0 atom stereocenters. The van der Waals surface area contributed by atoms with Gasteiger partial charge in [-0.15, -0.1) is 0 Å². The molecule has 100 valence electrons. The zero-order valence-corrected chi connectivity index (χ0v) is 9.96. The first kappa shape index (κ1) is 12.1. The van der Waals surface area contributed by atoms with Crippen LogP contribution in [0.5, 0.6) is 0 Å². The van der Waals surface area contributed by atoms with E-state index in [0.29, 0.717) is 11.2 Å². The van der Waals surface area contributed by atoms with Gasteiger partial charge in [0.15, 0.2) is 0 Å². The van der Waals surface area contributed by atoms with E-state index in [1.54, 1.807) is 30.3 Å². The van der Waals surface area contributed by atoms with Crippen LogP contribution in [0.15, 0.2) is 30.3 Å². The minimum absolute atomic E-state index is 0.0952. The lowest BCUT2D eigenvalue weighted by Gasteiger charge is -2.21. The van der Waals surface area contributed by atoms with Crippen molar-refractivity contribution in [2.75, 3.05) is 11.1 Å². The van der Waals surface area contributed by atoms with E-state index in [0.717, 1.165) is 5.39 Å². The van der Waals surface area contributed by atoms with Crippen molar-refractivity contribution < 1.29 is 13.2 Å². The lowest BCUT2D eigenvalue weighted by molar-refractivity contribution is -0.151. The summed E-state index contributed by atoms with van der Waals surface area (Å²) in [6, 6.07) is 8.38. The largest absolute Gasteiger partial charge is 0.411 e. The van der Waals surface area contributed by atoms with Gasteiger partial charge in [0.1, 0.15) is 11.4 Å². The van der Waals surface area contributed by atoms with E-state index in [1.807, 2.05) is 0 Å². The summed E-state index contributed by atoms with van der Waals surface area (Å²) < 4.78 is 38.5. The average Bonchev–Trinajstić information content (AvgIpc) is 3.10. The topological polar surface area (TPSA) is 50.9 Å². The zero-order valence-electron chi connectivity index (χ0n) is 9.96. The summed E-state index contributed by atoms with van der Waals surface area (Å²) >= 11 is 0. The van der Waals surface area contributed by atoms with Gasteiger partial charge in [-0.25, -0.2) is 4.98 Å². The van der Waals surface area contributed by atoms with Crippen LogP contribution >= 0.6 is 0 Å². The van der Waals surface area contributed by atoms with Crippen LogP contribution in [0, 0.1) is 0 Å². The number of hydrogen-bond acceptors (Lipinski definition) is 3. The Labute approximate surface area is 107 Å². The maximum Gasteiger partial charge on any atom is 0.411 e. The molecular formula is C13H12F3N3. The van der Waals surface area contributed by atoms with E-state index < -0.39 is 11.7 Å². The van der Waals surface area contributed by atoms with Gasteiger partial charge in [-0.1, -0.05) is 0 Å². The average molecular weight is 267 g/mol. The number of benzene rings is 1. The number of alkyl halides is 3. The molecule has 3 nitrogen and oxygen atoms in total. The number of halogens is 3. The Morgan fingerprint density at radius 2 is 1.89 bits per heavy atom. The minimum atomic E-state index is -4.25. The van der Waals surface area contributed by atoms with Crippen molar-refractivity contribution in [2.24, 2.45) is 0 Å². The fraction of sp³-hybridized carbons (Fsp3) is 0.308. The number of aromatic nitrogens is 1. The van der Waals surface area contributed by atoms with Gasteiger partial charge < -0.3 is 11.1 Å². The molecule has 0 unspecified atom stereocenters. The second-order valence-corrected chi connectivity index (χ2v) is 4.85. The highest BCUT2D eigenvalue weighted by Crippen LogP contribution is 2.51. The third kappa shape index (κ3) is 2.07. The molecule has 0 bridgehead atoms. The van der Waals surface area contributed by atoms with Crippen molar-refractivity contribution >= 4 is 22.4 Å². The third-order valence-electron chi connectivity index (χ3n) is 3.37. The standard InChI is InChI=1S/C13H12F3N3/c14-13(15,16)12(5-6-12)19-11-4-1-8-7-9(17)2-3-10(8)18-11/h1-4,7H,5-6,17H2,(H,18,19). The van der Waals surface area contributed by atoms with Crippen molar-refractivity contribution in [1.82, 2.24) is 4.98 Å². The van der Waals surface area contributed by atoms with E-state index in [9.17, 15) is 13.2 Å². The number of nitrogens with one attached hydrogen (secondary N) is 1. The molecule has 1 saturated carbocycles. The Kier molecular flexibility index (Phi) is 2.39. The quantitative estimate of drug-likeness (QED) is 0.821. The maximum atomic E-state index is 12.8. The van der Waals surface area contributed by atoms with E-state index in [2.05, 4.69) is 10.3 Å². The number of rotatable bonds is 2. The van der Waals surface area contributed by atoms with E-state index in [4.69, 9.17) is 5.73 Å². The fourth-order valence-electron chi connectivity index (χ4n) is 2.06. The van der Waals surface area contributed by atoms with Gasteiger partial charge >= 0.3 is 6.18 Å². The summed E-state index contributed by atoms with van der Waals surface area (Å²) in [6.45, 7) is 0. The van der Waals surface area contributed by atoms with Crippen LogP contribution in [0.1, 0.15) is 12.8 Å². The predicted octanol–water partition coefficient (Wildman–Crippen LogP) is 3.32. The van der Waals surface area contributed by atoms with Crippen molar-refractivity contribution in [3.05, 3.63) is 30.3 Å². The van der Waals surface area contributed by atoms with Crippen LogP contribution in [-0.4, -0.2) is 16.7 Å². The van der Waals surface area contributed by atoms with Gasteiger partial charge in [0.05, 0.1) is 5.52 Å². The van der Waals surface area contributed by atoms with E-state index in [1.165, 1.54) is 0 Å². The molecule has 2 aromatic rings. The molecule has 0 amide bonds. The highest BCUT2D eigenvalue weighted by atomic mass is 19.4. The number of anilines is 2. The molecule has 3 rings (SSSR count). The molecule has 1 aromatic carbocycles. The summed E-state index contributed by atoms with van der Waals surface area (Å²) in [6.07, 6.45) is -4.05. The summed E-state index contributed by atoms with van der Waals surface area (Å²) in [7, 11) is 0. The smallest absolute Gasteiger partial charge is 0.399 e. The summed E-state index contributed by atoms with van der Waals surface area (Å²) in [5.41, 5.74) is 5.07. The van der Waals surface area contributed by atoms with Crippen LogP contribution in [0.4, 0.5) is 24.7 Å². The van der Waals surface area contributed by atoms with Crippen molar-refractivity contribution in [3.8, 4) is 0 Å². The van der Waals surface area contributed by atoms with Gasteiger partial charge in [0.25, 0.3) is 0 Å². The Balaban J connectivity index is 1.92. The molecule has 1 fully saturated rings. The number of hydrogen-bond donors (Lipinski definition) is 2. The van der Waals surface area contributed by atoms with Crippen LogP contribution in [0.3, 0.4) is 0 Å². The first-order chi connectivity index (χ1) is 8.90. The molecule has 0 spiro atoms. The first-order valence-electron chi connectivity index (χ1n) is 5.91. The van der Waals surface area contributed by atoms with E-state index >= 15 is 0 Å². The summed E-state index contributed by atoms with van der Waals surface area (Å²) in [5.74, 6) is 0.243. The van der Waals surface area contributed by atoms with Gasteiger partial charge in [0, 0.05) is 11.1 Å². The summed E-state index contributed by atoms with van der Waals surface area (Å²) in [4.78, 5) is 4.19. The normalized spacial score (nSPS) is 17.4. The Hall–Kier alpha value is -1.98. The lowest BCUT2D eigenvalue weighted by Crippen LogP contribution is -2.38. The second kappa shape index (κ2) is 3.76. The Morgan fingerprint density at radius 3 is 2.53 bits per heavy atom.